The average molecular weight is 318 g/mol. The van der Waals surface area contributed by atoms with Crippen LogP contribution in [0, 0.1) is 5.92 Å². The Morgan fingerprint density at radius 2 is 2.09 bits per heavy atom. The van der Waals surface area contributed by atoms with E-state index >= 15 is 0 Å². The molecule has 6 nitrogen and oxygen atoms in total. The zero-order valence-corrected chi connectivity index (χ0v) is 13.5. The lowest BCUT2D eigenvalue weighted by Gasteiger charge is -2.19. The van der Waals surface area contributed by atoms with Gasteiger partial charge in [0, 0.05) is 25.2 Å². The molecule has 2 amide bonds. The summed E-state index contributed by atoms with van der Waals surface area (Å²) < 4.78 is 4.52. The number of nitrogens with one attached hydrogen (secondary N) is 1. The number of carbonyl (C=O) groups excluding carboxylic acids is 3. The van der Waals surface area contributed by atoms with Crippen molar-refractivity contribution in [2.75, 3.05) is 25.1 Å². The van der Waals surface area contributed by atoms with E-state index in [0.29, 0.717) is 6.54 Å². The third-order valence-electron chi connectivity index (χ3n) is 4.02. The third-order valence-corrected chi connectivity index (χ3v) is 4.02. The maximum Gasteiger partial charge on any atom is 0.307 e. The highest BCUT2D eigenvalue weighted by Crippen LogP contribution is 2.28. The molecule has 6 heteroatoms. The number of nitrogens with zero attached hydrogens (tertiary/aromatic N) is 1. The predicted molar refractivity (Wildman–Crippen MR) is 85.9 cm³/mol. The molecular formula is C17H22N2O4. The molecule has 1 saturated heterocycles. The van der Waals surface area contributed by atoms with E-state index in [1.165, 1.54) is 7.11 Å². The Morgan fingerprint density at radius 1 is 1.35 bits per heavy atom. The number of carbonyl (C=O) groups is 3. The highest BCUT2D eigenvalue weighted by molar-refractivity contribution is 6.00. The molecule has 1 aliphatic rings. The van der Waals surface area contributed by atoms with Gasteiger partial charge in [-0.15, -0.1) is 0 Å². The summed E-state index contributed by atoms with van der Waals surface area (Å²) in [6.07, 6.45) is 1.16. The van der Waals surface area contributed by atoms with Crippen LogP contribution in [0.1, 0.15) is 25.3 Å². The van der Waals surface area contributed by atoms with Crippen molar-refractivity contribution >= 4 is 23.5 Å². The number of amides is 2. The molecule has 1 N–H and O–H groups in total. The predicted octanol–water partition coefficient (Wildman–Crippen LogP) is 1.28. The van der Waals surface area contributed by atoms with Gasteiger partial charge in [-0.25, -0.2) is 0 Å². The Balaban J connectivity index is 1.97. The summed E-state index contributed by atoms with van der Waals surface area (Å²) in [5.74, 6) is -0.992. The molecule has 1 aromatic rings. The summed E-state index contributed by atoms with van der Waals surface area (Å²) in [5.41, 5.74) is 1.97. The summed E-state index contributed by atoms with van der Waals surface area (Å²) in [7, 11) is 1.31. The number of aryl methyl sites for hydroxylation is 1. The second-order valence-corrected chi connectivity index (χ2v) is 5.50. The molecule has 0 saturated carbocycles. The zero-order valence-electron chi connectivity index (χ0n) is 13.5. The smallest absolute Gasteiger partial charge is 0.307 e. The van der Waals surface area contributed by atoms with Crippen molar-refractivity contribution < 1.29 is 19.1 Å². The summed E-state index contributed by atoms with van der Waals surface area (Å²) in [6, 6.07) is 7.74. The van der Waals surface area contributed by atoms with E-state index in [9.17, 15) is 14.4 Å². The Morgan fingerprint density at radius 3 is 2.78 bits per heavy atom. The monoisotopic (exact) mass is 318 g/mol. The van der Waals surface area contributed by atoms with E-state index in [1.54, 1.807) is 4.90 Å². The van der Waals surface area contributed by atoms with E-state index in [2.05, 4.69) is 10.1 Å². The minimum Gasteiger partial charge on any atom is -0.469 e. The van der Waals surface area contributed by atoms with E-state index in [0.717, 1.165) is 17.7 Å². The van der Waals surface area contributed by atoms with Gasteiger partial charge in [-0.1, -0.05) is 25.1 Å². The van der Waals surface area contributed by atoms with Crippen LogP contribution in [0.5, 0.6) is 0 Å². The molecule has 124 valence electrons. The van der Waals surface area contributed by atoms with E-state index in [4.69, 9.17) is 0 Å². The zero-order chi connectivity index (χ0) is 16.8. The van der Waals surface area contributed by atoms with Crippen LogP contribution in [0.15, 0.2) is 24.3 Å². The minimum atomic E-state index is -0.384. The second kappa shape index (κ2) is 7.76. The van der Waals surface area contributed by atoms with Crippen LogP contribution in [-0.2, 0) is 25.5 Å². The van der Waals surface area contributed by atoms with Gasteiger partial charge < -0.3 is 15.0 Å². The summed E-state index contributed by atoms with van der Waals surface area (Å²) in [5, 5.41) is 2.69. The van der Waals surface area contributed by atoms with Crippen LogP contribution in [0.25, 0.3) is 0 Å². The first-order valence-electron chi connectivity index (χ1n) is 7.79. The molecule has 0 bridgehead atoms. The first kappa shape index (κ1) is 17.0. The van der Waals surface area contributed by atoms with E-state index in [-0.39, 0.29) is 43.1 Å². The lowest BCUT2D eigenvalue weighted by atomic mass is 10.1. The maximum absolute atomic E-state index is 12.3. The van der Waals surface area contributed by atoms with Gasteiger partial charge in [-0.2, -0.15) is 0 Å². The van der Waals surface area contributed by atoms with Gasteiger partial charge in [0.15, 0.2) is 0 Å². The van der Waals surface area contributed by atoms with Gasteiger partial charge in [-0.3, -0.25) is 14.4 Å². The molecule has 23 heavy (non-hydrogen) atoms. The molecule has 1 aliphatic heterocycles. The SMILES string of the molecule is CCc1ccccc1N1CC(C(=O)NCCC(=O)OC)CC1=O. The molecule has 1 atom stereocenters. The fraction of sp³-hybridized carbons (Fsp3) is 0.471. The number of ether oxygens (including phenoxy) is 1. The van der Waals surface area contributed by atoms with Crippen molar-refractivity contribution in [2.45, 2.75) is 26.2 Å². The first-order chi connectivity index (χ1) is 11.1. The Bertz CT molecular complexity index is 600. The van der Waals surface area contributed by atoms with E-state index in [1.807, 2.05) is 31.2 Å². The van der Waals surface area contributed by atoms with Gasteiger partial charge in [0.1, 0.15) is 0 Å². The van der Waals surface area contributed by atoms with Crippen LogP contribution in [-0.4, -0.2) is 38.0 Å². The van der Waals surface area contributed by atoms with Crippen molar-refractivity contribution in [3.8, 4) is 0 Å². The van der Waals surface area contributed by atoms with Crippen LogP contribution >= 0.6 is 0 Å². The van der Waals surface area contributed by atoms with Gasteiger partial charge in [0.25, 0.3) is 0 Å². The van der Waals surface area contributed by atoms with Crippen molar-refractivity contribution in [3.05, 3.63) is 29.8 Å². The lowest BCUT2D eigenvalue weighted by molar-refractivity contribution is -0.140. The molecule has 1 heterocycles. The van der Waals surface area contributed by atoms with Gasteiger partial charge >= 0.3 is 5.97 Å². The molecule has 2 rings (SSSR count). The molecule has 0 aliphatic carbocycles. The second-order valence-electron chi connectivity index (χ2n) is 5.50. The quantitative estimate of drug-likeness (QED) is 0.802. The molecule has 1 unspecified atom stereocenters. The van der Waals surface area contributed by atoms with Crippen molar-refractivity contribution in [1.29, 1.82) is 0 Å². The first-order valence-corrected chi connectivity index (χ1v) is 7.79. The molecule has 0 radical (unpaired) electrons. The number of methoxy groups -OCH3 is 1. The number of anilines is 1. The Kier molecular flexibility index (Phi) is 5.73. The number of rotatable bonds is 6. The van der Waals surface area contributed by atoms with Crippen LogP contribution in [0.4, 0.5) is 5.69 Å². The van der Waals surface area contributed by atoms with Crippen molar-refractivity contribution in [2.24, 2.45) is 5.92 Å². The third kappa shape index (κ3) is 4.09. The summed E-state index contributed by atoms with van der Waals surface area (Å²) in [4.78, 5) is 37.1. The topological polar surface area (TPSA) is 75.7 Å². The van der Waals surface area contributed by atoms with Crippen molar-refractivity contribution in [3.63, 3.8) is 0 Å². The lowest BCUT2D eigenvalue weighted by Crippen LogP contribution is -2.34. The largest absolute Gasteiger partial charge is 0.469 e. The Labute approximate surface area is 135 Å². The summed E-state index contributed by atoms with van der Waals surface area (Å²) >= 11 is 0. The van der Waals surface area contributed by atoms with Crippen molar-refractivity contribution in [1.82, 2.24) is 5.32 Å². The molecule has 0 spiro atoms. The van der Waals surface area contributed by atoms with Crippen LogP contribution in [0.3, 0.4) is 0 Å². The standard InChI is InChI=1S/C17H22N2O4/c1-3-12-6-4-5-7-14(12)19-11-13(10-15(19)20)17(22)18-9-8-16(21)23-2/h4-7,13H,3,8-11H2,1-2H3,(H,18,22). The fourth-order valence-electron chi connectivity index (χ4n) is 2.72. The maximum atomic E-state index is 12.3. The minimum absolute atomic E-state index is 0.0426. The molecule has 0 aromatic heterocycles. The number of benzene rings is 1. The fourth-order valence-corrected chi connectivity index (χ4v) is 2.72. The van der Waals surface area contributed by atoms with E-state index < -0.39 is 0 Å². The number of hydrogen-bond acceptors (Lipinski definition) is 4. The van der Waals surface area contributed by atoms with Gasteiger partial charge in [-0.05, 0) is 18.1 Å². The normalized spacial score (nSPS) is 17.2. The van der Waals surface area contributed by atoms with Gasteiger partial charge in [0.05, 0.1) is 19.4 Å². The number of hydrogen-bond donors (Lipinski definition) is 1. The molecular weight excluding hydrogens is 296 g/mol. The highest BCUT2D eigenvalue weighted by Gasteiger charge is 2.35. The number of para-hydroxylation sites is 1. The average Bonchev–Trinajstić information content (AvgIpc) is 2.96. The summed E-state index contributed by atoms with van der Waals surface area (Å²) in [6.45, 7) is 2.64. The number of esters is 1. The highest BCUT2D eigenvalue weighted by atomic mass is 16.5. The van der Waals surface area contributed by atoms with Gasteiger partial charge in [0.2, 0.25) is 11.8 Å². The molecule has 1 aromatic carbocycles. The Hall–Kier alpha value is -2.37. The molecule has 1 fully saturated rings. The van der Waals surface area contributed by atoms with Crippen LogP contribution < -0.4 is 10.2 Å². The van der Waals surface area contributed by atoms with Crippen LogP contribution in [0.2, 0.25) is 0 Å².